The predicted octanol–water partition coefficient (Wildman–Crippen LogP) is 3.01. The lowest BCUT2D eigenvalue weighted by Gasteiger charge is -2.22. The number of carboxylic acid groups (broad SMARTS) is 1. The zero-order valence-electron chi connectivity index (χ0n) is 17.7. The van der Waals surface area contributed by atoms with Gasteiger partial charge in [-0.2, -0.15) is 21.4 Å². The third-order valence-corrected chi connectivity index (χ3v) is 7.61. The molecule has 0 radical (unpaired) electrons. The molecule has 31 heavy (non-hydrogen) atoms. The molecule has 3 N–H and O–H groups in total. The molecule has 1 aliphatic rings. The summed E-state index contributed by atoms with van der Waals surface area (Å²) in [5, 5.41) is 8.80. The molecule has 0 fully saturated rings. The van der Waals surface area contributed by atoms with Crippen LogP contribution in [0.15, 0.2) is 23.1 Å². The van der Waals surface area contributed by atoms with Gasteiger partial charge in [0.05, 0.1) is 16.1 Å². The van der Waals surface area contributed by atoms with Crippen molar-refractivity contribution in [3.8, 4) is 0 Å². The number of benzene rings is 1. The summed E-state index contributed by atoms with van der Waals surface area (Å²) >= 11 is 0. The van der Waals surface area contributed by atoms with Crippen LogP contribution in [0.4, 0.5) is 5.69 Å². The molecule has 0 saturated heterocycles. The topological polar surface area (TPSA) is 149 Å². The van der Waals surface area contributed by atoms with E-state index in [4.69, 9.17) is 9.66 Å². The summed E-state index contributed by atoms with van der Waals surface area (Å²) in [6.07, 6.45) is 3.58. The van der Waals surface area contributed by atoms with E-state index in [1.807, 2.05) is 18.4 Å². The number of unbranched alkanes of at least 4 members (excludes halogenated alkanes) is 3. The van der Waals surface area contributed by atoms with Crippen LogP contribution in [0.2, 0.25) is 0 Å². The normalized spacial score (nSPS) is 19.0. The fourth-order valence-corrected chi connectivity index (χ4v) is 5.19. The highest BCUT2D eigenvalue weighted by atomic mass is 32.2. The van der Waals surface area contributed by atoms with Gasteiger partial charge in [-0.05, 0) is 38.3 Å². The largest absolute Gasteiger partial charge is 0.481 e. The zero-order chi connectivity index (χ0) is 23.4. The Kier molecular flexibility index (Phi) is 8.01. The van der Waals surface area contributed by atoms with Crippen LogP contribution in [-0.4, -0.2) is 59.6 Å². The first kappa shape index (κ1) is 25.4. The van der Waals surface area contributed by atoms with Crippen molar-refractivity contribution in [3.63, 3.8) is 0 Å². The lowest BCUT2D eigenvalue weighted by molar-refractivity contribution is -0.439. The number of fused-ring (bicyclic) bond motifs is 1. The lowest BCUT2D eigenvalue weighted by Crippen LogP contribution is -2.30. The van der Waals surface area contributed by atoms with Crippen molar-refractivity contribution in [1.82, 2.24) is 0 Å². The van der Waals surface area contributed by atoms with E-state index in [9.17, 15) is 26.2 Å². The summed E-state index contributed by atoms with van der Waals surface area (Å²) < 4.78 is 65.7. The van der Waals surface area contributed by atoms with Crippen LogP contribution in [0.1, 0.15) is 64.4 Å². The van der Waals surface area contributed by atoms with E-state index in [0.29, 0.717) is 25.8 Å². The number of aliphatic carboxylic acids is 1. The predicted molar refractivity (Wildman–Crippen MR) is 115 cm³/mol. The van der Waals surface area contributed by atoms with E-state index in [1.165, 1.54) is 12.1 Å². The minimum absolute atomic E-state index is 0.1000. The number of rotatable bonds is 12. The summed E-state index contributed by atoms with van der Waals surface area (Å²) in [5.74, 6) is -1.16. The maximum atomic E-state index is 11.7. The Morgan fingerprint density at radius 1 is 1.03 bits per heavy atom. The molecule has 11 heteroatoms. The third-order valence-electron chi connectivity index (χ3n) is 5.96. The molecule has 0 aliphatic carbocycles. The average Bonchev–Trinajstić information content (AvgIpc) is 2.84. The van der Waals surface area contributed by atoms with Crippen LogP contribution in [-0.2, 0) is 30.4 Å². The Labute approximate surface area is 183 Å². The van der Waals surface area contributed by atoms with Gasteiger partial charge in [-0.1, -0.05) is 12.8 Å². The second-order valence-corrected chi connectivity index (χ2v) is 11.2. The fourth-order valence-electron chi connectivity index (χ4n) is 4.12. The van der Waals surface area contributed by atoms with E-state index in [-0.39, 0.29) is 23.5 Å². The standard InChI is InChI=1S/C20H29NO8S2/c1-15-20(2,11-5-3-4-8-19(22)23)17-14-16(31(27,28)29)9-10-18(17)21(15)12-6-7-13-30(24,25)26/h9-10,14H,3-8,11-13H2,1-2H3,(H2-,22,23,24,25,26,27,28,29)/p+1. The molecule has 1 heterocycles. The fraction of sp³-hybridized carbons (Fsp3) is 0.600. The van der Waals surface area contributed by atoms with Gasteiger partial charge in [-0.15, -0.1) is 0 Å². The van der Waals surface area contributed by atoms with Crippen molar-refractivity contribution in [1.29, 1.82) is 0 Å². The Bertz CT molecular complexity index is 1080. The molecule has 0 saturated carbocycles. The van der Waals surface area contributed by atoms with E-state index >= 15 is 0 Å². The smallest absolute Gasteiger partial charge is 0.303 e. The average molecular weight is 477 g/mol. The molecule has 1 unspecified atom stereocenters. The molecule has 1 aromatic rings. The number of carbonyl (C=O) groups is 1. The molecule has 1 aliphatic heterocycles. The molecule has 2 rings (SSSR count). The first-order valence-corrected chi connectivity index (χ1v) is 13.2. The first-order valence-electron chi connectivity index (χ1n) is 10.2. The molecular formula is C20H30NO8S2+. The summed E-state index contributed by atoms with van der Waals surface area (Å²) in [6, 6.07) is 4.45. The Hall–Kier alpha value is -1.82. The zero-order valence-corrected chi connectivity index (χ0v) is 19.4. The van der Waals surface area contributed by atoms with Crippen molar-refractivity contribution in [3.05, 3.63) is 23.8 Å². The second kappa shape index (κ2) is 9.76. The van der Waals surface area contributed by atoms with Gasteiger partial charge in [0, 0.05) is 31.4 Å². The van der Waals surface area contributed by atoms with Gasteiger partial charge in [0.2, 0.25) is 5.69 Å². The molecule has 0 amide bonds. The van der Waals surface area contributed by atoms with Crippen LogP contribution in [0.5, 0.6) is 0 Å². The summed E-state index contributed by atoms with van der Waals surface area (Å²) in [6.45, 7) is 4.42. The van der Waals surface area contributed by atoms with Crippen molar-refractivity contribution in [2.24, 2.45) is 0 Å². The highest BCUT2D eigenvalue weighted by molar-refractivity contribution is 7.86. The van der Waals surface area contributed by atoms with Crippen molar-refractivity contribution in [2.75, 3.05) is 12.3 Å². The quantitative estimate of drug-likeness (QED) is 0.237. The summed E-state index contributed by atoms with van der Waals surface area (Å²) in [4.78, 5) is 10.5. The van der Waals surface area contributed by atoms with Crippen LogP contribution < -0.4 is 0 Å². The van der Waals surface area contributed by atoms with E-state index in [2.05, 4.69) is 0 Å². The van der Waals surface area contributed by atoms with Gasteiger partial charge in [-0.25, -0.2) is 0 Å². The number of carboxylic acids is 1. The van der Waals surface area contributed by atoms with Crippen molar-refractivity contribution >= 4 is 37.6 Å². The van der Waals surface area contributed by atoms with Gasteiger partial charge >= 0.3 is 5.97 Å². The van der Waals surface area contributed by atoms with E-state index in [1.54, 1.807) is 6.07 Å². The molecule has 174 valence electrons. The summed E-state index contributed by atoms with van der Waals surface area (Å²) in [7, 11) is -8.40. The van der Waals surface area contributed by atoms with Crippen LogP contribution >= 0.6 is 0 Å². The highest BCUT2D eigenvalue weighted by Crippen LogP contribution is 2.44. The molecule has 1 aromatic carbocycles. The number of hydrogen-bond acceptors (Lipinski definition) is 5. The van der Waals surface area contributed by atoms with E-state index in [0.717, 1.165) is 29.8 Å². The first-order chi connectivity index (χ1) is 14.3. The maximum absolute atomic E-state index is 11.7. The van der Waals surface area contributed by atoms with Crippen LogP contribution in [0.3, 0.4) is 0 Å². The Morgan fingerprint density at radius 2 is 1.71 bits per heavy atom. The van der Waals surface area contributed by atoms with E-state index < -0.39 is 31.6 Å². The van der Waals surface area contributed by atoms with Crippen LogP contribution in [0.25, 0.3) is 0 Å². The molecule has 0 bridgehead atoms. The van der Waals surface area contributed by atoms with Crippen LogP contribution in [0, 0.1) is 0 Å². The van der Waals surface area contributed by atoms with Crippen molar-refractivity contribution < 1.29 is 40.4 Å². The van der Waals surface area contributed by atoms with Gasteiger partial charge < -0.3 is 5.11 Å². The lowest BCUT2D eigenvalue weighted by atomic mass is 9.76. The maximum Gasteiger partial charge on any atom is 0.303 e. The molecule has 1 atom stereocenters. The Balaban J connectivity index is 2.29. The molecule has 0 aromatic heterocycles. The van der Waals surface area contributed by atoms with Gasteiger partial charge in [0.25, 0.3) is 20.2 Å². The summed E-state index contributed by atoms with van der Waals surface area (Å²) in [5.41, 5.74) is 2.01. The minimum Gasteiger partial charge on any atom is -0.481 e. The minimum atomic E-state index is -4.37. The van der Waals surface area contributed by atoms with Crippen molar-refractivity contribution in [2.45, 2.75) is 69.1 Å². The second-order valence-electron chi connectivity index (χ2n) is 8.17. The molecule has 9 nitrogen and oxygen atoms in total. The molecule has 0 spiro atoms. The van der Waals surface area contributed by atoms with Gasteiger partial charge in [-0.3, -0.25) is 13.9 Å². The highest BCUT2D eigenvalue weighted by Gasteiger charge is 2.46. The number of hydrogen-bond donors (Lipinski definition) is 3. The Morgan fingerprint density at radius 3 is 2.29 bits per heavy atom. The monoisotopic (exact) mass is 476 g/mol. The number of nitrogens with zero attached hydrogens (tertiary/aromatic N) is 1. The third kappa shape index (κ3) is 6.58. The van der Waals surface area contributed by atoms with Gasteiger partial charge in [0.15, 0.2) is 5.71 Å². The SMILES string of the molecule is CC1=[N+](CCCCS(=O)(=O)O)c2ccc(S(=O)(=O)O)cc2C1(C)CCCCCC(=O)O. The molecular weight excluding hydrogens is 446 g/mol. The van der Waals surface area contributed by atoms with Gasteiger partial charge in [0.1, 0.15) is 6.54 Å².